The van der Waals surface area contributed by atoms with E-state index >= 15 is 0 Å². The van der Waals surface area contributed by atoms with Crippen LogP contribution in [0.15, 0.2) is 0 Å². The highest BCUT2D eigenvalue weighted by Gasteiger charge is 2.19. The minimum atomic E-state index is 0.100. The van der Waals surface area contributed by atoms with Crippen molar-refractivity contribution in [1.82, 2.24) is 10.6 Å². The molecule has 1 atom stereocenters. The van der Waals surface area contributed by atoms with Gasteiger partial charge in [0.2, 0.25) is 5.91 Å². The number of amides is 1. The van der Waals surface area contributed by atoms with E-state index in [2.05, 4.69) is 10.6 Å². The molecule has 1 amide bonds. The SMILES string of the molecule is COC(C)CNC(=O)CC1CNC1. The molecule has 76 valence electrons. The van der Waals surface area contributed by atoms with Crippen LogP contribution >= 0.6 is 0 Å². The summed E-state index contributed by atoms with van der Waals surface area (Å²) in [6.07, 6.45) is 0.743. The topological polar surface area (TPSA) is 50.4 Å². The summed E-state index contributed by atoms with van der Waals surface area (Å²) >= 11 is 0. The summed E-state index contributed by atoms with van der Waals surface area (Å²) < 4.78 is 5.02. The predicted molar refractivity (Wildman–Crippen MR) is 50.5 cm³/mol. The van der Waals surface area contributed by atoms with E-state index in [4.69, 9.17) is 4.74 Å². The van der Waals surface area contributed by atoms with Gasteiger partial charge in [-0.05, 0) is 25.9 Å². The zero-order valence-electron chi connectivity index (χ0n) is 8.30. The Balaban J connectivity index is 2.03. The average Bonchev–Trinajstić information content (AvgIpc) is 2.07. The number of methoxy groups -OCH3 is 1. The second-order valence-corrected chi connectivity index (χ2v) is 3.58. The Morgan fingerprint density at radius 3 is 2.85 bits per heavy atom. The summed E-state index contributed by atoms with van der Waals surface area (Å²) in [5.74, 6) is 0.674. The minimum Gasteiger partial charge on any atom is -0.380 e. The van der Waals surface area contributed by atoms with Crippen LogP contribution in [0.4, 0.5) is 0 Å². The molecule has 0 aromatic carbocycles. The lowest BCUT2D eigenvalue weighted by Crippen LogP contribution is -2.45. The van der Waals surface area contributed by atoms with Crippen LogP contribution in [-0.4, -0.2) is 38.8 Å². The number of hydrogen-bond acceptors (Lipinski definition) is 3. The molecular weight excluding hydrogens is 168 g/mol. The molecule has 4 nitrogen and oxygen atoms in total. The molecule has 1 unspecified atom stereocenters. The first kappa shape index (κ1) is 10.5. The van der Waals surface area contributed by atoms with Crippen LogP contribution in [0.5, 0.6) is 0 Å². The molecule has 0 aromatic rings. The van der Waals surface area contributed by atoms with Gasteiger partial charge in [-0.25, -0.2) is 0 Å². The van der Waals surface area contributed by atoms with E-state index in [0.717, 1.165) is 13.1 Å². The summed E-state index contributed by atoms with van der Waals surface area (Å²) in [5.41, 5.74) is 0. The first-order valence-electron chi connectivity index (χ1n) is 4.72. The number of rotatable bonds is 5. The molecule has 0 radical (unpaired) electrons. The third kappa shape index (κ3) is 3.74. The Morgan fingerprint density at radius 1 is 1.69 bits per heavy atom. The molecule has 0 saturated carbocycles. The molecule has 4 heteroatoms. The van der Waals surface area contributed by atoms with Crippen LogP contribution in [0.25, 0.3) is 0 Å². The smallest absolute Gasteiger partial charge is 0.220 e. The van der Waals surface area contributed by atoms with Crippen molar-refractivity contribution in [2.24, 2.45) is 5.92 Å². The molecule has 13 heavy (non-hydrogen) atoms. The van der Waals surface area contributed by atoms with Gasteiger partial charge in [-0.1, -0.05) is 0 Å². The Morgan fingerprint density at radius 2 is 2.38 bits per heavy atom. The fourth-order valence-electron chi connectivity index (χ4n) is 1.17. The maximum Gasteiger partial charge on any atom is 0.220 e. The molecular formula is C9H18N2O2. The van der Waals surface area contributed by atoms with Gasteiger partial charge in [0.1, 0.15) is 0 Å². The van der Waals surface area contributed by atoms with Crippen molar-refractivity contribution in [3.63, 3.8) is 0 Å². The van der Waals surface area contributed by atoms with E-state index in [1.807, 2.05) is 6.92 Å². The van der Waals surface area contributed by atoms with Crippen molar-refractivity contribution < 1.29 is 9.53 Å². The molecule has 0 aliphatic carbocycles. The highest BCUT2D eigenvalue weighted by atomic mass is 16.5. The van der Waals surface area contributed by atoms with E-state index in [1.165, 1.54) is 0 Å². The van der Waals surface area contributed by atoms with E-state index in [-0.39, 0.29) is 12.0 Å². The number of hydrogen-bond donors (Lipinski definition) is 2. The van der Waals surface area contributed by atoms with E-state index in [9.17, 15) is 4.79 Å². The van der Waals surface area contributed by atoms with Gasteiger partial charge < -0.3 is 15.4 Å². The number of carbonyl (C=O) groups is 1. The van der Waals surface area contributed by atoms with E-state index < -0.39 is 0 Å². The second kappa shape index (κ2) is 5.19. The van der Waals surface area contributed by atoms with Gasteiger partial charge in [0, 0.05) is 20.1 Å². The summed E-state index contributed by atoms with van der Waals surface area (Å²) in [7, 11) is 1.65. The molecule has 1 rings (SSSR count). The van der Waals surface area contributed by atoms with Crippen LogP contribution in [0.2, 0.25) is 0 Å². The van der Waals surface area contributed by atoms with Crippen LogP contribution in [0.3, 0.4) is 0 Å². The van der Waals surface area contributed by atoms with Crippen molar-refractivity contribution in [2.75, 3.05) is 26.7 Å². The fraction of sp³-hybridized carbons (Fsp3) is 0.889. The first-order valence-corrected chi connectivity index (χ1v) is 4.72. The van der Waals surface area contributed by atoms with Crippen molar-refractivity contribution in [3.05, 3.63) is 0 Å². The lowest BCUT2D eigenvalue weighted by atomic mass is 9.99. The van der Waals surface area contributed by atoms with Gasteiger partial charge in [0.15, 0.2) is 0 Å². The number of ether oxygens (including phenoxy) is 1. The monoisotopic (exact) mass is 186 g/mol. The van der Waals surface area contributed by atoms with Crippen molar-refractivity contribution >= 4 is 5.91 Å². The molecule has 1 aliphatic rings. The molecule has 0 aromatic heterocycles. The predicted octanol–water partition coefficient (Wildman–Crippen LogP) is -0.253. The molecule has 1 fully saturated rings. The van der Waals surface area contributed by atoms with Crippen LogP contribution < -0.4 is 10.6 Å². The van der Waals surface area contributed by atoms with Crippen molar-refractivity contribution in [1.29, 1.82) is 0 Å². The Hall–Kier alpha value is -0.610. The molecule has 0 bridgehead atoms. The first-order chi connectivity index (χ1) is 6.22. The molecule has 1 saturated heterocycles. The molecule has 1 heterocycles. The van der Waals surface area contributed by atoms with E-state index in [1.54, 1.807) is 7.11 Å². The summed E-state index contributed by atoms with van der Waals surface area (Å²) in [6.45, 7) is 4.50. The second-order valence-electron chi connectivity index (χ2n) is 3.58. The summed E-state index contributed by atoms with van der Waals surface area (Å²) in [5, 5.41) is 5.98. The maximum atomic E-state index is 11.3. The highest BCUT2D eigenvalue weighted by Crippen LogP contribution is 2.07. The van der Waals surface area contributed by atoms with Crippen LogP contribution in [-0.2, 0) is 9.53 Å². The van der Waals surface area contributed by atoms with Gasteiger partial charge in [-0.3, -0.25) is 4.79 Å². The third-order valence-corrected chi connectivity index (χ3v) is 2.33. The maximum absolute atomic E-state index is 11.3. The van der Waals surface area contributed by atoms with Gasteiger partial charge in [-0.2, -0.15) is 0 Å². The number of carbonyl (C=O) groups excluding carboxylic acids is 1. The van der Waals surface area contributed by atoms with Crippen LogP contribution in [0, 0.1) is 5.92 Å². The molecule has 1 aliphatic heterocycles. The lowest BCUT2D eigenvalue weighted by molar-refractivity contribution is -0.122. The normalized spacial score (nSPS) is 19.2. The Labute approximate surface area is 79.0 Å². The van der Waals surface area contributed by atoms with Gasteiger partial charge in [0.05, 0.1) is 6.10 Å². The van der Waals surface area contributed by atoms with Crippen LogP contribution in [0.1, 0.15) is 13.3 Å². The molecule has 0 spiro atoms. The van der Waals surface area contributed by atoms with Crippen molar-refractivity contribution in [2.45, 2.75) is 19.4 Å². The van der Waals surface area contributed by atoms with Gasteiger partial charge >= 0.3 is 0 Å². The molecule has 2 N–H and O–H groups in total. The third-order valence-electron chi connectivity index (χ3n) is 2.33. The zero-order valence-corrected chi connectivity index (χ0v) is 8.30. The summed E-state index contributed by atoms with van der Waals surface area (Å²) in [6, 6.07) is 0. The summed E-state index contributed by atoms with van der Waals surface area (Å²) in [4.78, 5) is 11.3. The Kier molecular flexibility index (Phi) is 4.18. The van der Waals surface area contributed by atoms with Crippen molar-refractivity contribution in [3.8, 4) is 0 Å². The zero-order chi connectivity index (χ0) is 9.68. The fourth-order valence-corrected chi connectivity index (χ4v) is 1.17. The lowest BCUT2D eigenvalue weighted by Gasteiger charge is -2.26. The van der Waals surface area contributed by atoms with Gasteiger partial charge in [0.25, 0.3) is 0 Å². The average molecular weight is 186 g/mol. The number of nitrogens with one attached hydrogen (secondary N) is 2. The largest absolute Gasteiger partial charge is 0.380 e. The van der Waals surface area contributed by atoms with E-state index in [0.29, 0.717) is 18.9 Å². The highest BCUT2D eigenvalue weighted by molar-refractivity contribution is 5.76. The van der Waals surface area contributed by atoms with Gasteiger partial charge in [-0.15, -0.1) is 0 Å². The minimum absolute atomic E-state index is 0.100. The Bertz CT molecular complexity index is 169. The standard InChI is InChI=1S/C9H18N2O2/c1-7(13-2)4-11-9(12)3-8-5-10-6-8/h7-8,10H,3-6H2,1-2H3,(H,11,12). The quantitative estimate of drug-likeness (QED) is 0.622.